The molecule has 0 aromatic carbocycles. The first-order valence-corrected chi connectivity index (χ1v) is 21.2. The van der Waals surface area contributed by atoms with Crippen molar-refractivity contribution in [2.75, 3.05) is 13.2 Å². The number of ether oxygens (including phenoxy) is 1. The van der Waals surface area contributed by atoms with Crippen molar-refractivity contribution < 1.29 is 4.74 Å². The van der Waals surface area contributed by atoms with E-state index < -0.39 is 3.93 Å². The van der Waals surface area contributed by atoms with E-state index in [1.807, 2.05) is 6.92 Å². The van der Waals surface area contributed by atoms with E-state index in [1.165, 1.54) is 122 Å². The molecule has 0 spiro atoms. The number of halogens is 3. The van der Waals surface area contributed by atoms with E-state index in [0.29, 0.717) is 0 Å². The van der Waals surface area contributed by atoms with Crippen molar-refractivity contribution in [1.82, 2.24) is 0 Å². The minimum absolute atomic E-state index is 0.731. The summed E-state index contributed by atoms with van der Waals surface area (Å²) in [7, 11) is 0. The second-order valence-corrected chi connectivity index (χ2v) is 32.2. The van der Waals surface area contributed by atoms with Crippen molar-refractivity contribution in [3.8, 4) is 0 Å². The van der Waals surface area contributed by atoms with Gasteiger partial charge in [-0.3, -0.25) is 0 Å². The number of hydrogen-bond acceptors (Lipinski definition) is 1. The molecule has 0 heterocycles. The van der Waals surface area contributed by atoms with Crippen LogP contribution in [0.2, 0.25) is 6.04 Å². The Kier molecular flexibility index (Phi) is 23.6. The molecule has 0 bridgehead atoms. The van der Waals surface area contributed by atoms with Gasteiger partial charge in [0.25, 0.3) is 3.93 Å². The Hall–Kier alpha value is 1.36. The first-order chi connectivity index (χ1) is 13.9. The molecular weight excluding hydrogens is 572 g/mol. The standard InChI is InChI=1S/C24H47Br3OSi/c1-24(2)23-28-21-19-17-15-13-11-9-7-5-3-4-6-8-10-12-14-16-18-20-22-29(25,26)27/h1,3-23H2,2H3. The smallest absolute Gasteiger partial charge is 0.267 e. The van der Waals surface area contributed by atoms with Crippen LogP contribution >= 0.6 is 45.9 Å². The Morgan fingerprint density at radius 3 is 1.21 bits per heavy atom. The van der Waals surface area contributed by atoms with Gasteiger partial charge in [0.1, 0.15) is 0 Å². The summed E-state index contributed by atoms with van der Waals surface area (Å²) < 4.78 is 4.19. The van der Waals surface area contributed by atoms with Crippen LogP contribution in [0.5, 0.6) is 0 Å². The molecule has 0 amide bonds. The van der Waals surface area contributed by atoms with Crippen molar-refractivity contribution in [2.24, 2.45) is 0 Å². The van der Waals surface area contributed by atoms with E-state index in [1.54, 1.807) is 0 Å². The average molecular weight is 619 g/mol. The quantitative estimate of drug-likeness (QED) is 0.0479. The van der Waals surface area contributed by atoms with Crippen LogP contribution in [0.25, 0.3) is 0 Å². The Morgan fingerprint density at radius 1 is 0.586 bits per heavy atom. The average Bonchev–Trinajstić information content (AvgIpc) is 2.64. The summed E-state index contributed by atoms with van der Waals surface area (Å²) in [6.45, 7) is 7.51. The maximum atomic E-state index is 5.54. The molecule has 0 atom stereocenters. The molecule has 1 nitrogen and oxygen atoms in total. The van der Waals surface area contributed by atoms with Crippen LogP contribution in [0.15, 0.2) is 12.2 Å². The number of hydrogen-bond donors (Lipinski definition) is 0. The van der Waals surface area contributed by atoms with Crippen LogP contribution in [-0.4, -0.2) is 17.1 Å². The lowest BCUT2D eigenvalue weighted by Crippen LogP contribution is -2.04. The van der Waals surface area contributed by atoms with Crippen molar-refractivity contribution in [2.45, 2.75) is 129 Å². The Balaban J connectivity index is 3.04. The fourth-order valence-corrected chi connectivity index (χ4v) is 6.78. The molecule has 0 unspecified atom stereocenters. The van der Waals surface area contributed by atoms with E-state index in [4.69, 9.17) is 4.74 Å². The number of unbranched alkanes of at least 4 members (excludes halogenated alkanes) is 17. The van der Waals surface area contributed by atoms with Gasteiger partial charge in [0, 0.05) is 6.61 Å². The monoisotopic (exact) mass is 616 g/mol. The topological polar surface area (TPSA) is 9.23 Å². The van der Waals surface area contributed by atoms with Crippen molar-refractivity contribution >= 4 is 49.8 Å². The van der Waals surface area contributed by atoms with Crippen molar-refractivity contribution in [3.63, 3.8) is 0 Å². The second kappa shape index (κ2) is 22.5. The van der Waals surface area contributed by atoms with E-state index in [2.05, 4.69) is 52.5 Å². The predicted octanol–water partition coefficient (Wildman–Crippen LogP) is 10.7. The number of rotatable bonds is 23. The van der Waals surface area contributed by atoms with Gasteiger partial charge in [-0.25, -0.2) is 0 Å². The van der Waals surface area contributed by atoms with Crippen LogP contribution in [0.4, 0.5) is 0 Å². The van der Waals surface area contributed by atoms with Gasteiger partial charge in [0.15, 0.2) is 0 Å². The van der Waals surface area contributed by atoms with Crippen LogP contribution in [-0.2, 0) is 4.74 Å². The summed E-state index contributed by atoms with van der Waals surface area (Å²) in [5.74, 6) is 0. The third-order valence-corrected chi connectivity index (χ3v) is 9.84. The SMILES string of the molecule is C=C(C)COCCCCCCCCCCCCCCCCCCCC[Si](Br)(Br)Br. The summed E-state index contributed by atoms with van der Waals surface area (Å²) >= 11 is 11.1. The molecule has 5 heteroatoms. The normalized spacial score (nSPS) is 11.9. The third-order valence-electron chi connectivity index (χ3n) is 5.35. The molecule has 0 N–H and O–H groups in total. The van der Waals surface area contributed by atoms with Gasteiger partial charge in [-0.05, 0) is 19.4 Å². The first-order valence-electron chi connectivity index (χ1n) is 12.2. The Labute approximate surface area is 207 Å². The summed E-state index contributed by atoms with van der Waals surface area (Å²) in [5.41, 5.74) is 1.12. The van der Waals surface area contributed by atoms with Crippen molar-refractivity contribution in [1.29, 1.82) is 0 Å². The van der Waals surface area contributed by atoms with Crippen LogP contribution in [0, 0.1) is 0 Å². The van der Waals surface area contributed by atoms with Gasteiger partial charge in [-0.1, -0.05) is 167 Å². The molecule has 0 saturated heterocycles. The fraction of sp³-hybridized carbons (Fsp3) is 0.917. The van der Waals surface area contributed by atoms with E-state index >= 15 is 0 Å². The lowest BCUT2D eigenvalue weighted by atomic mass is 10.0. The van der Waals surface area contributed by atoms with Gasteiger partial charge in [-0.2, -0.15) is 0 Å². The Morgan fingerprint density at radius 2 is 0.897 bits per heavy atom. The van der Waals surface area contributed by atoms with Crippen molar-refractivity contribution in [3.05, 3.63) is 12.2 Å². The highest BCUT2D eigenvalue weighted by Gasteiger charge is 2.20. The second-order valence-electron chi connectivity index (χ2n) is 8.74. The van der Waals surface area contributed by atoms with E-state index in [0.717, 1.165) is 18.8 Å². The highest BCUT2D eigenvalue weighted by atomic mass is 80.0. The van der Waals surface area contributed by atoms with Crippen LogP contribution < -0.4 is 0 Å². The van der Waals surface area contributed by atoms with Crippen LogP contribution in [0.3, 0.4) is 0 Å². The van der Waals surface area contributed by atoms with Gasteiger partial charge < -0.3 is 4.74 Å². The minimum Gasteiger partial charge on any atom is -0.377 e. The van der Waals surface area contributed by atoms with Gasteiger partial charge in [-0.15, -0.1) is 0 Å². The highest BCUT2D eigenvalue weighted by Crippen LogP contribution is 2.33. The highest BCUT2D eigenvalue weighted by molar-refractivity contribution is 9.72. The molecule has 29 heavy (non-hydrogen) atoms. The molecular formula is C24H47Br3OSi. The zero-order chi connectivity index (χ0) is 21.6. The summed E-state index contributed by atoms with van der Waals surface area (Å²) in [5, 5.41) is 0. The minimum atomic E-state index is -1.34. The zero-order valence-electron chi connectivity index (χ0n) is 19.1. The molecule has 0 aromatic heterocycles. The molecule has 0 fully saturated rings. The predicted molar refractivity (Wildman–Crippen MR) is 146 cm³/mol. The molecule has 174 valence electrons. The molecule has 0 aliphatic rings. The summed E-state index contributed by atoms with van der Waals surface area (Å²) in [6.07, 6.45) is 25.4. The first kappa shape index (κ1) is 30.4. The molecule has 0 radical (unpaired) electrons. The zero-order valence-corrected chi connectivity index (χ0v) is 24.9. The largest absolute Gasteiger partial charge is 0.377 e. The molecule has 0 aliphatic heterocycles. The molecule has 0 saturated carbocycles. The maximum absolute atomic E-state index is 5.54. The lowest BCUT2D eigenvalue weighted by molar-refractivity contribution is 0.151. The van der Waals surface area contributed by atoms with Gasteiger partial charge in [0.2, 0.25) is 0 Å². The third kappa shape index (κ3) is 29.4. The van der Waals surface area contributed by atoms with E-state index in [9.17, 15) is 0 Å². The summed E-state index contributed by atoms with van der Waals surface area (Å²) in [6, 6.07) is 1.28. The molecule has 0 aliphatic carbocycles. The molecule has 0 aromatic rings. The fourth-order valence-electron chi connectivity index (χ4n) is 3.60. The maximum Gasteiger partial charge on any atom is 0.267 e. The van der Waals surface area contributed by atoms with Gasteiger partial charge >= 0.3 is 0 Å². The van der Waals surface area contributed by atoms with Gasteiger partial charge in [0.05, 0.1) is 6.61 Å². The van der Waals surface area contributed by atoms with E-state index in [-0.39, 0.29) is 0 Å². The Bertz CT molecular complexity index is 359. The summed E-state index contributed by atoms with van der Waals surface area (Å²) in [4.78, 5) is 0. The molecule has 0 rings (SSSR count). The van der Waals surface area contributed by atoms with Crippen LogP contribution in [0.1, 0.15) is 122 Å². The lowest BCUT2D eigenvalue weighted by Gasteiger charge is -2.08.